The van der Waals surface area contributed by atoms with Crippen LogP contribution in [0.5, 0.6) is 0 Å². The molecule has 32 heavy (non-hydrogen) atoms. The van der Waals surface area contributed by atoms with Gasteiger partial charge in [-0.2, -0.15) is 0 Å². The van der Waals surface area contributed by atoms with Crippen LogP contribution in [0.25, 0.3) is 0 Å². The molecular formula is C26H46O6. The summed E-state index contributed by atoms with van der Waals surface area (Å²) in [6.45, 7) is 3.72. The minimum atomic E-state index is -1.65. The average molecular weight is 455 g/mol. The van der Waals surface area contributed by atoms with Crippen LogP contribution in [0.3, 0.4) is 0 Å². The summed E-state index contributed by atoms with van der Waals surface area (Å²) in [6.07, 6.45) is 19.2. The van der Waals surface area contributed by atoms with E-state index in [1.165, 1.54) is 25.7 Å². The molecule has 0 bridgehead atoms. The summed E-state index contributed by atoms with van der Waals surface area (Å²) in [5.41, 5.74) is -1.65. The number of rotatable bonds is 24. The normalized spacial score (nSPS) is 11.4. The fourth-order valence-corrected chi connectivity index (χ4v) is 4.18. The van der Waals surface area contributed by atoms with E-state index in [-0.39, 0.29) is 19.3 Å². The standard InChI is InChI=1S/C26H46O6/c1-2-3-4-5-6-7-9-12-15-18-21-26(24(29)30,25(31)32)22-19-16-13-10-8-11-14-17-20-23(27)28/h2H,1,3-22H2,(H,27,28)(H,29,30)(H,31,32). The van der Waals surface area contributed by atoms with Crippen LogP contribution in [0, 0.1) is 5.41 Å². The molecule has 6 heteroatoms. The highest BCUT2D eigenvalue weighted by Gasteiger charge is 2.45. The van der Waals surface area contributed by atoms with Gasteiger partial charge in [-0.3, -0.25) is 14.4 Å². The van der Waals surface area contributed by atoms with Gasteiger partial charge in [0.05, 0.1) is 0 Å². The van der Waals surface area contributed by atoms with Crippen LogP contribution in [0.4, 0.5) is 0 Å². The van der Waals surface area contributed by atoms with Gasteiger partial charge in [0.25, 0.3) is 0 Å². The van der Waals surface area contributed by atoms with Gasteiger partial charge in [-0.1, -0.05) is 96.0 Å². The Morgan fingerprint density at radius 2 is 0.906 bits per heavy atom. The Labute approximate surface area is 194 Å². The molecule has 0 heterocycles. The van der Waals surface area contributed by atoms with Crippen LogP contribution < -0.4 is 0 Å². The van der Waals surface area contributed by atoms with E-state index >= 15 is 0 Å². The molecule has 186 valence electrons. The highest BCUT2D eigenvalue weighted by molar-refractivity contribution is 5.98. The lowest BCUT2D eigenvalue weighted by Gasteiger charge is -2.25. The van der Waals surface area contributed by atoms with Crippen molar-refractivity contribution in [3.8, 4) is 0 Å². The predicted molar refractivity (Wildman–Crippen MR) is 128 cm³/mol. The molecule has 0 aliphatic carbocycles. The van der Waals surface area contributed by atoms with Crippen LogP contribution in [0.15, 0.2) is 12.7 Å². The van der Waals surface area contributed by atoms with Crippen LogP contribution in [-0.4, -0.2) is 33.2 Å². The van der Waals surface area contributed by atoms with Gasteiger partial charge in [-0.15, -0.1) is 6.58 Å². The van der Waals surface area contributed by atoms with E-state index < -0.39 is 23.3 Å². The summed E-state index contributed by atoms with van der Waals surface area (Å²) in [5, 5.41) is 27.9. The number of allylic oxidation sites excluding steroid dienone is 1. The molecule has 0 saturated carbocycles. The van der Waals surface area contributed by atoms with E-state index in [2.05, 4.69) is 6.58 Å². The highest BCUT2D eigenvalue weighted by Crippen LogP contribution is 2.33. The highest BCUT2D eigenvalue weighted by atomic mass is 16.4. The monoisotopic (exact) mass is 454 g/mol. The first kappa shape index (κ1) is 30.1. The first-order chi connectivity index (χ1) is 15.4. The fourth-order valence-electron chi connectivity index (χ4n) is 4.18. The molecule has 0 fully saturated rings. The zero-order chi connectivity index (χ0) is 24.1. The van der Waals surface area contributed by atoms with Crippen molar-refractivity contribution in [3.05, 3.63) is 12.7 Å². The van der Waals surface area contributed by atoms with Crippen LogP contribution in [0.1, 0.15) is 128 Å². The number of carboxylic acid groups (broad SMARTS) is 3. The SMILES string of the molecule is C=CCCCCCCCCCCC(CCCCCCCCCCC(=O)O)(C(=O)O)C(=O)O. The molecule has 0 aromatic carbocycles. The smallest absolute Gasteiger partial charge is 0.321 e. The third-order valence-electron chi connectivity index (χ3n) is 6.32. The molecule has 0 rings (SSSR count). The van der Waals surface area contributed by atoms with Crippen molar-refractivity contribution in [2.45, 2.75) is 128 Å². The Hall–Kier alpha value is -1.85. The van der Waals surface area contributed by atoms with Gasteiger partial charge in [0.1, 0.15) is 0 Å². The summed E-state index contributed by atoms with van der Waals surface area (Å²) in [4.78, 5) is 34.1. The summed E-state index contributed by atoms with van der Waals surface area (Å²) < 4.78 is 0. The van der Waals surface area contributed by atoms with Gasteiger partial charge in [-0.05, 0) is 32.1 Å². The van der Waals surface area contributed by atoms with Crippen molar-refractivity contribution in [2.75, 3.05) is 0 Å². The van der Waals surface area contributed by atoms with Crippen molar-refractivity contribution in [2.24, 2.45) is 5.41 Å². The summed E-state index contributed by atoms with van der Waals surface area (Å²) in [7, 11) is 0. The zero-order valence-corrected chi connectivity index (χ0v) is 20.0. The molecule has 6 nitrogen and oxygen atoms in total. The number of hydrogen-bond acceptors (Lipinski definition) is 3. The van der Waals surface area contributed by atoms with Crippen LogP contribution in [0.2, 0.25) is 0 Å². The predicted octanol–water partition coefficient (Wildman–Crippen LogP) is 7.21. The van der Waals surface area contributed by atoms with Crippen molar-refractivity contribution in [3.63, 3.8) is 0 Å². The lowest BCUT2D eigenvalue weighted by molar-refractivity contribution is -0.166. The maximum Gasteiger partial charge on any atom is 0.321 e. The van der Waals surface area contributed by atoms with Gasteiger partial charge in [-0.25, -0.2) is 0 Å². The van der Waals surface area contributed by atoms with Gasteiger partial charge in [0, 0.05) is 6.42 Å². The molecule has 0 unspecified atom stereocenters. The van der Waals surface area contributed by atoms with Crippen molar-refractivity contribution < 1.29 is 29.7 Å². The quantitative estimate of drug-likeness (QED) is 0.0806. The molecule has 0 aromatic rings. The second kappa shape index (κ2) is 19.8. The third kappa shape index (κ3) is 15.0. The molecule has 0 atom stereocenters. The first-order valence-electron chi connectivity index (χ1n) is 12.7. The largest absolute Gasteiger partial charge is 0.481 e. The molecule has 0 aliphatic rings. The van der Waals surface area contributed by atoms with Crippen molar-refractivity contribution >= 4 is 17.9 Å². The molecule has 0 aliphatic heterocycles. The van der Waals surface area contributed by atoms with Crippen molar-refractivity contribution in [1.29, 1.82) is 0 Å². The van der Waals surface area contributed by atoms with E-state index in [0.717, 1.165) is 64.2 Å². The van der Waals surface area contributed by atoms with Crippen LogP contribution in [-0.2, 0) is 14.4 Å². The Morgan fingerprint density at radius 1 is 0.562 bits per heavy atom. The van der Waals surface area contributed by atoms with Crippen LogP contribution >= 0.6 is 0 Å². The Morgan fingerprint density at radius 3 is 1.25 bits per heavy atom. The molecule has 0 radical (unpaired) electrons. The van der Waals surface area contributed by atoms with E-state index in [1.54, 1.807) is 0 Å². The first-order valence-corrected chi connectivity index (χ1v) is 12.7. The number of hydrogen-bond donors (Lipinski definition) is 3. The Balaban J connectivity index is 4.03. The van der Waals surface area contributed by atoms with Gasteiger partial charge in [0.15, 0.2) is 5.41 Å². The molecule has 0 aromatic heterocycles. The summed E-state index contributed by atoms with van der Waals surface area (Å²) in [5.74, 6) is -3.16. The minimum absolute atomic E-state index is 0.194. The number of carbonyl (C=O) groups is 3. The average Bonchev–Trinajstić information content (AvgIpc) is 2.74. The van der Waals surface area contributed by atoms with Gasteiger partial charge in [0.2, 0.25) is 0 Å². The number of carboxylic acids is 3. The van der Waals surface area contributed by atoms with E-state index in [0.29, 0.717) is 19.3 Å². The number of unbranched alkanes of at least 4 members (excludes halogenated alkanes) is 15. The number of aliphatic carboxylic acids is 3. The molecular weight excluding hydrogens is 408 g/mol. The van der Waals surface area contributed by atoms with Gasteiger partial charge >= 0.3 is 17.9 Å². The van der Waals surface area contributed by atoms with E-state index in [9.17, 15) is 24.6 Å². The summed E-state index contributed by atoms with van der Waals surface area (Å²) in [6, 6.07) is 0. The minimum Gasteiger partial charge on any atom is -0.481 e. The maximum absolute atomic E-state index is 11.8. The summed E-state index contributed by atoms with van der Waals surface area (Å²) >= 11 is 0. The molecule has 0 amide bonds. The zero-order valence-electron chi connectivity index (χ0n) is 20.0. The topological polar surface area (TPSA) is 112 Å². The van der Waals surface area contributed by atoms with Crippen molar-refractivity contribution in [1.82, 2.24) is 0 Å². The Kier molecular flexibility index (Phi) is 18.7. The van der Waals surface area contributed by atoms with Gasteiger partial charge < -0.3 is 15.3 Å². The fraction of sp³-hybridized carbons (Fsp3) is 0.808. The third-order valence-corrected chi connectivity index (χ3v) is 6.32. The molecule has 0 saturated heterocycles. The molecule has 0 spiro atoms. The second-order valence-electron chi connectivity index (χ2n) is 9.07. The Bertz CT molecular complexity index is 514. The maximum atomic E-state index is 11.8. The second-order valence-corrected chi connectivity index (χ2v) is 9.07. The van der Waals surface area contributed by atoms with E-state index in [4.69, 9.17) is 5.11 Å². The van der Waals surface area contributed by atoms with E-state index in [1.807, 2.05) is 6.08 Å². The lowest BCUT2D eigenvalue weighted by Crippen LogP contribution is -2.39. The molecule has 3 N–H and O–H groups in total. The lowest BCUT2D eigenvalue weighted by atomic mass is 9.78.